The molecule has 40 heavy (non-hydrogen) atoms. The number of carbonyl (C=O) groups excluding carboxylic acids is 1. The van der Waals surface area contributed by atoms with Crippen molar-refractivity contribution in [2.45, 2.75) is 19.9 Å². The number of hydrogen-bond acceptors (Lipinski definition) is 9. The third kappa shape index (κ3) is 4.85. The van der Waals surface area contributed by atoms with Gasteiger partial charge in [0.2, 0.25) is 0 Å². The van der Waals surface area contributed by atoms with Crippen LogP contribution in [0.3, 0.4) is 0 Å². The quantitative estimate of drug-likeness (QED) is 0.177. The fourth-order valence-electron chi connectivity index (χ4n) is 4.55. The molecule has 10 nitrogen and oxygen atoms in total. The first kappa shape index (κ1) is 27.1. The van der Waals surface area contributed by atoms with E-state index in [4.69, 9.17) is 25.5 Å². The Kier molecular flexibility index (Phi) is 7.42. The molecule has 12 heteroatoms. The Morgan fingerprint density at radius 3 is 2.75 bits per heavy atom. The number of carbonyl (C=O) groups is 1. The van der Waals surface area contributed by atoms with Gasteiger partial charge in [0.05, 0.1) is 40.0 Å². The molecule has 0 aliphatic carbocycles. The summed E-state index contributed by atoms with van der Waals surface area (Å²) >= 11 is 7.06. The summed E-state index contributed by atoms with van der Waals surface area (Å²) in [7, 11) is 1.52. The number of furan rings is 1. The van der Waals surface area contributed by atoms with Crippen LogP contribution in [-0.2, 0) is 9.53 Å². The summed E-state index contributed by atoms with van der Waals surface area (Å²) in [4.78, 5) is 42.8. The number of esters is 1. The SMILES string of the molecule is CCOC(=O)C1=C(C)N=c2sc(=Cc3ccc(-c4ccc(Cl)cc4[N+](=O)[O-])o3)c(=O)n2C1c1ccccc1OC. The van der Waals surface area contributed by atoms with Gasteiger partial charge in [-0.05, 0) is 44.2 Å². The second-order valence-corrected chi connectivity index (χ2v) is 10.1. The van der Waals surface area contributed by atoms with Crippen LogP contribution in [0.5, 0.6) is 5.75 Å². The van der Waals surface area contributed by atoms with E-state index in [1.807, 2.05) is 0 Å². The van der Waals surface area contributed by atoms with Gasteiger partial charge in [-0.1, -0.05) is 41.1 Å². The number of halogens is 1. The molecule has 3 heterocycles. The zero-order chi connectivity index (χ0) is 28.6. The minimum absolute atomic E-state index is 0.158. The van der Waals surface area contributed by atoms with E-state index in [1.54, 1.807) is 50.2 Å². The Morgan fingerprint density at radius 2 is 2.02 bits per heavy atom. The van der Waals surface area contributed by atoms with E-state index in [-0.39, 0.29) is 34.2 Å². The van der Waals surface area contributed by atoms with Gasteiger partial charge in [-0.15, -0.1) is 0 Å². The molecule has 0 amide bonds. The van der Waals surface area contributed by atoms with Crippen LogP contribution in [0.25, 0.3) is 17.4 Å². The Bertz CT molecular complexity index is 1870. The van der Waals surface area contributed by atoms with Crippen LogP contribution in [-0.4, -0.2) is 29.2 Å². The summed E-state index contributed by atoms with van der Waals surface area (Å²) in [5.74, 6) is 0.474. The van der Waals surface area contributed by atoms with Crippen molar-refractivity contribution >= 4 is 40.7 Å². The molecule has 2 aromatic carbocycles. The lowest BCUT2D eigenvalue weighted by atomic mass is 9.95. The van der Waals surface area contributed by atoms with Crippen LogP contribution in [0.1, 0.15) is 31.2 Å². The lowest BCUT2D eigenvalue weighted by molar-refractivity contribution is -0.384. The first-order valence-electron chi connectivity index (χ1n) is 12.1. The topological polar surface area (TPSA) is 126 Å². The molecule has 0 bridgehead atoms. The normalized spacial score (nSPS) is 15.0. The van der Waals surface area contributed by atoms with Gasteiger partial charge in [0, 0.05) is 22.7 Å². The Labute approximate surface area is 236 Å². The highest BCUT2D eigenvalue weighted by molar-refractivity contribution is 7.07. The van der Waals surface area contributed by atoms with Crippen molar-refractivity contribution in [2.75, 3.05) is 13.7 Å². The molecule has 0 saturated heterocycles. The van der Waals surface area contributed by atoms with Crippen molar-refractivity contribution in [1.29, 1.82) is 0 Å². The zero-order valence-corrected chi connectivity index (χ0v) is 23.1. The Morgan fingerprint density at radius 1 is 1.25 bits per heavy atom. The predicted molar refractivity (Wildman–Crippen MR) is 149 cm³/mol. The number of thiazole rings is 1. The molecule has 0 spiro atoms. The number of aromatic nitrogens is 1. The first-order chi connectivity index (χ1) is 19.2. The number of nitrogens with zero attached hydrogens (tertiary/aromatic N) is 3. The van der Waals surface area contributed by atoms with E-state index in [1.165, 1.54) is 36.0 Å². The minimum atomic E-state index is -0.836. The summed E-state index contributed by atoms with van der Waals surface area (Å²) in [5.41, 5.74) is 0.917. The standard InChI is InChI=1S/C28H22ClN3O7S/c1-4-38-27(34)24-15(2)30-28-31(25(24)19-7-5-6-8-21(19)37-3)26(33)23(40-28)14-17-10-12-22(39-17)18-11-9-16(29)13-20(18)32(35)36/h5-14,25H,4H2,1-3H3. The molecular formula is C28H22ClN3O7S. The van der Waals surface area contributed by atoms with Crippen molar-refractivity contribution in [2.24, 2.45) is 4.99 Å². The van der Waals surface area contributed by atoms with Gasteiger partial charge in [0.15, 0.2) is 4.80 Å². The molecule has 204 valence electrons. The minimum Gasteiger partial charge on any atom is -0.496 e. The second kappa shape index (κ2) is 10.9. The average molecular weight is 580 g/mol. The number of nitro benzene ring substituents is 1. The fraction of sp³-hybridized carbons (Fsp3) is 0.179. The highest BCUT2D eigenvalue weighted by Crippen LogP contribution is 2.36. The molecule has 5 rings (SSSR count). The zero-order valence-electron chi connectivity index (χ0n) is 21.5. The van der Waals surface area contributed by atoms with Crippen molar-refractivity contribution in [3.05, 3.63) is 112 Å². The number of para-hydroxylation sites is 1. The number of allylic oxidation sites excluding steroid dienone is 1. The van der Waals surface area contributed by atoms with Crippen LogP contribution < -0.4 is 19.6 Å². The van der Waals surface area contributed by atoms with Gasteiger partial charge in [0.1, 0.15) is 23.3 Å². The second-order valence-electron chi connectivity index (χ2n) is 8.66. The molecule has 1 aliphatic rings. The van der Waals surface area contributed by atoms with Gasteiger partial charge in [-0.3, -0.25) is 19.5 Å². The van der Waals surface area contributed by atoms with Gasteiger partial charge < -0.3 is 13.9 Å². The van der Waals surface area contributed by atoms with Crippen LogP contribution >= 0.6 is 22.9 Å². The third-order valence-electron chi connectivity index (χ3n) is 6.27. The highest BCUT2D eigenvalue weighted by Gasteiger charge is 2.35. The maximum absolute atomic E-state index is 13.8. The number of hydrogen-bond donors (Lipinski definition) is 0. The average Bonchev–Trinajstić information content (AvgIpc) is 3.52. The lowest BCUT2D eigenvalue weighted by Gasteiger charge is -2.25. The summed E-state index contributed by atoms with van der Waals surface area (Å²) in [6.45, 7) is 3.56. The molecule has 0 saturated carbocycles. The Hall–Kier alpha value is -4.48. The summed E-state index contributed by atoms with van der Waals surface area (Å²) in [6.07, 6.45) is 1.54. The van der Waals surface area contributed by atoms with Crippen molar-refractivity contribution in [3.8, 4) is 17.1 Å². The summed E-state index contributed by atoms with van der Waals surface area (Å²) < 4.78 is 18.5. The molecule has 4 aromatic rings. The fourth-order valence-corrected chi connectivity index (χ4v) is 5.74. The largest absolute Gasteiger partial charge is 0.496 e. The number of benzene rings is 2. The summed E-state index contributed by atoms with van der Waals surface area (Å²) in [5, 5.41) is 11.8. The molecule has 1 unspecified atom stereocenters. The summed E-state index contributed by atoms with van der Waals surface area (Å²) in [6, 6.07) is 13.8. The molecule has 2 aromatic heterocycles. The van der Waals surface area contributed by atoms with Crippen molar-refractivity contribution in [3.63, 3.8) is 0 Å². The van der Waals surface area contributed by atoms with Gasteiger partial charge >= 0.3 is 5.97 Å². The highest BCUT2D eigenvalue weighted by atomic mass is 35.5. The first-order valence-corrected chi connectivity index (χ1v) is 13.3. The monoisotopic (exact) mass is 579 g/mol. The van der Waals surface area contributed by atoms with E-state index < -0.39 is 22.5 Å². The molecule has 1 atom stereocenters. The van der Waals surface area contributed by atoms with Crippen molar-refractivity contribution < 1.29 is 23.6 Å². The van der Waals surface area contributed by atoms with Crippen LogP contribution in [0.2, 0.25) is 5.02 Å². The van der Waals surface area contributed by atoms with E-state index >= 15 is 0 Å². The Balaban J connectivity index is 1.66. The predicted octanol–water partition coefficient (Wildman–Crippen LogP) is 4.63. The van der Waals surface area contributed by atoms with E-state index in [9.17, 15) is 19.7 Å². The maximum Gasteiger partial charge on any atom is 0.338 e. The molecule has 0 fully saturated rings. The molecule has 0 N–H and O–H groups in total. The van der Waals surface area contributed by atoms with Crippen LogP contribution in [0, 0.1) is 10.1 Å². The van der Waals surface area contributed by atoms with E-state index in [0.717, 1.165) is 11.3 Å². The van der Waals surface area contributed by atoms with E-state index in [2.05, 4.69) is 4.99 Å². The van der Waals surface area contributed by atoms with Gasteiger partial charge in [-0.2, -0.15) is 0 Å². The molecular weight excluding hydrogens is 558 g/mol. The molecule has 1 aliphatic heterocycles. The third-order valence-corrected chi connectivity index (χ3v) is 7.49. The number of ether oxygens (including phenoxy) is 2. The molecule has 0 radical (unpaired) electrons. The maximum atomic E-state index is 13.8. The van der Waals surface area contributed by atoms with Crippen molar-refractivity contribution in [1.82, 2.24) is 4.57 Å². The smallest absolute Gasteiger partial charge is 0.338 e. The van der Waals surface area contributed by atoms with Gasteiger partial charge in [-0.25, -0.2) is 9.79 Å². The number of methoxy groups -OCH3 is 1. The van der Waals surface area contributed by atoms with E-state index in [0.29, 0.717) is 32.1 Å². The van der Waals surface area contributed by atoms with Gasteiger partial charge in [0.25, 0.3) is 11.2 Å². The number of fused-ring (bicyclic) bond motifs is 1. The van der Waals surface area contributed by atoms with Crippen LogP contribution in [0.4, 0.5) is 5.69 Å². The number of nitro groups is 1. The van der Waals surface area contributed by atoms with Crippen LogP contribution in [0.15, 0.2) is 80.1 Å². The number of rotatable bonds is 7. The lowest BCUT2D eigenvalue weighted by Crippen LogP contribution is -2.40.